The summed E-state index contributed by atoms with van der Waals surface area (Å²) in [7, 11) is 0. The van der Waals surface area contributed by atoms with Gasteiger partial charge in [-0.3, -0.25) is 9.89 Å². The number of hydrogen-bond acceptors (Lipinski definition) is 5. The Morgan fingerprint density at radius 2 is 1.96 bits per heavy atom. The highest BCUT2D eigenvalue weighted by Crippen LogP contribution is 2.16. The van der Waals surface area contributed by atoms with E-state index in [1.807, 2.05) is 0 Å². The van der Waals surface area contributed by atoms with Crippen LogP contribution >= 0.6 is 24.0 Å². The number of halogens is 1. The first-order valence-corrected chi connectivity index (χ1v) is 9.66. The first kappa shape index (κ1) is 23.9. The molecule has 0 aromatic carbocycles. The van der Waals surface area contributed by atoms with Gasteiger partial charge in [-0.25, -0.2) is 0 Å². The molecule has 8 heteroatoms. The predicted molar refractivity (Wildman–Crippen MR) is 116 cm³/mol. The Hall–Kier alpha value is -0.160. The first-order valence-electron chi connectivity index (χ1n) is 9.66. The van der Waals surface area contributed by atoms with E-state index >= 15 is 0 Å². The molecule has 0 aromatic rings. The smallest absolute Gasteiger partial charge is 0.191 e. The lowest BCUT2D eigenvalue weighted by Crippen LogP contribution is -2.52. The predicted octanol–water partition coefficient (Wildman–Crippen LogP) is 1.47. The van der Waals surface area contributed by atoms with Gasteiger partial charge in [0.25, 0.3) is 0 Å². The zero-order valence-electron chi connectivity index (χ0n) is 16.6. The van der Waals surface area contributed by atoms with E-state index in [-0.39, 0.29) is 35.6 Å². The highest BCUT2D eigenvalue weighted by atomic mass is 127. The average molecular weight is 484 g/mol. The maximum absolute atomic E-state index is 5.79. The molecule has 154 valence electrons. The molecule has 26 heavy (non-hydrogen) atoms. The van der Waals surface area contributed by atoms with Crippen LogP contribution in [0.3, 0.4) is 0 Å². The van der Waals surface area contributed by atoms with Crippen molar-refractivity contribution in [1.82, 2.24) is 15.5 Å². The molecule has 0 aliphatic carbocycles. The molecule has 2 N–H and O–H groups in total. The van der Waals surface area contributed by atoms with E-state index in [9.17, 15) is 0 Å². The molecule has 1 atom stereocenters. The number of nitrogens with zero attached hydrogens (tertiary/aromatic N) is 2. The zero-order valence-corrected chi connectivity index (χ0v) is 18.9. The highest BCUT2D eigenvalue weighted by Gasteiger charge is 2.28. The van der Waals surface area contributed by atoms with Gasteiger partial charge in [0.1, 0.15) is 0 Å². The summed E-state index contributed by atoms with van der Waals surface area (Å²) in [5.74, 6) is 0.882. The Morgan fingerprint density at radius 1 is 1.19 bits per heavy atom. The summed E-state index contributed by atoms with van der Waals surface area (Å²) in [6.07, 6.45) is 2.28. The summed E-state index contributed by atoms with van der Waals surface area (Å²) in [6, 6.07) is 0. The second kappa shape index (κ2) is 13.1. The van der Waals surface area contributed by atoms with Crippen LogP contribution in [0.15, 0.2) is 4.99 Å². The summed E-state index contributed by atoms with van der Waals surface area (Å²) in [6.45, 7) is 15.0. The van der Waals surface area contributed by atoms with Crippen LogP contribution < -0.4 is 10.6 Å². The molecule has 0 spiro atoms. The Morgan fingerprint density at radius 3 is 2.62 bits per heavy atom. The van der Waals surface area contributed by atoms with Crippen molar-refractivity contribution >= 4 is 29.9 Å². The molecular formula is C18H37IN4O3. The molecule has 2 heterocycles. The number of aliphatic imine (C=N–C) groups is 1. The Balaban J connectivity index is 0.00000338. The molecule has 7 nitrogen and oxygen atoms in total. The molecule has 2 rings (SSSR count). The maximum atomic E-state index is 5.79. The van der Waals surface area contributed by atoms with Gasteiger partial charge < -0.3 is 24.8 Å². The van der Waals surface area contributed by atoms with Crippen LogP contribution in [-0.4, -0.2) is 88.3 Å². The second-order valence-corrected chi connectivity index (χ2v) is 7.24. The van der Waals surface area contributed by atoms with Gasteiger partial charge in [-0.05, 0) is 33.6 Å². The largest absolute Gasteiger partial charge is 0.379 e. The monoisotopic (exact) mass is 484 g/mol. The van der Waals surface area contributed by atoms with Crippen molar-refractivity contribution < 1.29 is 14.2 Å². The van der Waals surface area contributed by atoms with E-state index in [1.54, 1.807) is 0 Å². The minimum atomic E-state index is 0. The minimum Gasteiger partial charge on any atom is -0.379 e. The molecule has 1 unspecified atom stereocenters. The zero-order chi connectivity index (χ0) is 18.0. The van der Waals surface area contributed by atoms with Gasteiger partial charge in [0, 0.05) is 44.9 Å². The number of morpholine rings is 1. The van der Waals surface area contributed by atoms with E-state index in [1.165, 1.54) is 0 Å². The van der Waals surface area contributed by atoms with Crippen molar-refractivity contribution in [3.63, 3.8) is 0 Å². The molecule has 2 saturated heterocycles. The lowest BCUT2D eigenvalue weighted by atomic mass is 10.0. The number of rotatable bonds is 9. The van der Waals surface area contributed by atoms with E-state index in [2.05, 4.69) is 36.3 Å². The normalized spacial score (nSPS) is 22.1. The van der Waals surface area contributed by atoms with Gasteiger partial charge in [-0.2, -0.15) is 0 Å². The van der Waals surface area contributed by atoms with E-state index < -0.39 is 0 Å². The van der Waals surface area contributed by atoms with E-state index in [0.717, 1.165) is 84.6 Å². The third-order valence-electron chi connectivity index (χ3n) is 4.69. The Bertz CT molecular complexity index is 398. The van der Waals surface area contributed by atoms with Gasteiger partial charge in [0.05, 0.1) is 32.5 Å². The van der Waals surface area contributed by atoms with Crippen LogP contribution in [0.2, 0.25) is 0 Å². The number of guanidine groups is 1. The molecule has 2 fully saturated rings. The topological polar surface area (TPSA) is 67.4 Å². The molecule has 0 amide bonds. The summed E-state index contributed by atoms with van der Waals surface area (Å²) < 4.78 is 16.6. The fraction of sp³-hybridized carbons (Fsp3) is 0.944. The standard InChI is InChI=1S/C18H36N4O3.HI/c1-4-19-17(20-7-5-10-25-16-6-11-24-14-16)21-15-18(2,3)22-8-12-23-13-9-22;/h16H,4-15H2,1-3H3,(H2,19,20,21);1H. The van der Waals surface area contributed by atoms with Gasteiger partial charge >= 0.3 is 0 Å². The van der Waals surface area contributed by atoms with Crippen molar-refractivity contribution in [2.45, 2.75) is 45.3 Å². The van der Waals surface area contributed by atoms with Gasteiger partial charge in [0.15, 0.2) is 5.96 Å². The van der Waals surface area contributed by atoms with E-state index in [0.29, 0.717) is 0 Å². The molecule has 0 aromatic heterocycles. The third-order valence-corrected chi connectivity index (χ3v) is 4.69. The van der Waals surface area contributed by atoms with Crippen LogP contribution in [-0.2, 0) is 14.2 Å². The summed E-state index contributed by atoms with van der Waals surface area (Å²) >= 11 is 0. The van der Waals surface area contributed by atoms with Gasteiger partial charge in [-0.1, -0.05) is 0 Å². The van der Waals surface area contributed by atoms with Gasteiger partial charge in [0.2, 0.25) is 0 Å². The second-order valence-electron chi connectivity index (χ2n) is 7.24. The fourth-order valence-electron chi connectivity index (χ4n) is 3.06. The third kappa shape index (κ3) is 8.69. The highest BCUT2D eigenvalue weighted by molar-refractivity contribution is 14.0. The molecule has 0 bridgehead atoms. The summed E-state index contributed by atoms with van der Waals surface area (Å²) in [5.41, 5.74) is 0.0394. The number of ether oxygens (including phenoxy) is 3. The summed E-state index contributed by atoms with van der Waals surface area (Å²) in [4.78, 5) is 7.25. The number of hydrogen-bond donors (Lipinski definition) is 2. The van der Waals surface area contributed by atoms with Crippen molar-refractivity contribution in [2.75, 3.05) is 65.8 Å². The molecular weight excluding hydrogens is 447 g/mol. The summed E-state index contributed by atoms with van der Waals surface area (Å²) in [5, 5.41) is 6.73. The van der Waals surface area contributed by atoms with Gasteiger partial charge in [-0.15, -0.1) is 24.0 Å². The van der Waals surface area contributed by atoms with Crippen molar-refractivity contribution in [3.05, 3.63) is 0 Å². The Kier molecular flexibility index (Phi) is 12.0. The van der Waals surface area contributed by atoms with Crippen LogP contribution in [0.1, 0.15) is 33.6 Å². The van der Waals surface area contributed by atoms with Crippen LogP contribution in [0, 0.1) is 0 Å². The molecule has 2 aliphatic rings. The maximum Gasteiger partial charge on any atom is 0.191 e. The molecule has 2 aliphatic heterocycles. The average Bonchev–Trinajstić information content (AvgIpc) is 3.13. The fourth-order valence-corrected chi connectivity index (χ4v) is 3.06. The van der Waals surface area contributed by atoms with E-state index in [4.69, 9.17) is 19.2 Å². The molecule has 0 radical (unpaired) electrons. The first-order chi connectivity index (χ1) is 12.1. The minimum absolute atomic E-state index is 0. The van der Waals surface area contributed by atoms with Crippen LogP contribution in [0.25, 0.3) is 0 Å². The lowest BCUT2D eigenvalue weighted by Gasteiger charge is -2.39. The Labute approximate surface area is 175 Å². The van der Waals surface area contributed by atoms with Crippen LogP contribution in [0.5, 0.6) is 0 Å². The van der Waals surface area contributed by atoms with Crippen molar-refractivity contribution in [3.8, 4) is 0 Å². The van der Waals surface area contributed by atoms with Crippen molar-refractivity contribution in [2.24, 2.45) is 4.99 Å². The quantitative estimate of drug-likeness (QED) is 0.224. The number of nitrogens with one attached hydrogen (secondary N) is 2. The van der Waals surface area contributed by atoms with Crippen LogP contribution in [0.4, 0.5) is 0 Å². The molecule has 0 saturated carbocycles. The lowest BCUT2D eigenvalue weighted by molar-refractivity contribution is -0.00684. The van der Waals surface area contributed by atoms with Crippen molar-refractivity contribution in [1.29, 1.82) is 0 Å². The SMILES string of the molecule is CCNC(=NCC(C)(C)N1CCOCC1)NCCCOC1CCOC1.I.